The predicted octanol–water partition coefficient (Wildman–Crippen LogP) is 3.21. The molecule has 1 fully saturated rings. The second kappa shape index (κ2) is 7.66. The third kappa shape index (κ3) is 3.37. The molecule has 0 amide bonds. The molecular weight excluding hydrogens is 376 g/mol. The molecule has 1 heterocycles. The molecule has 0 aromatic heterocycles. The van der Waals surface area contributed by atoms with Crippen LogP contribution in [0.2, 0.25) is 0 Å². The number of rotatable bonds is 7. The molecule has 1 saturated carbocycles. The average molecular weight is 398 g/mol. The van der Waals surface area contributed by atoms with Crippen LogP contribution >= 0.6 is 0 Å². The predicted molar refractivity (Wildman–Crippen MR) is 103 cm³/mol. The molecule has 7 heteroatoms. The van der Waals surface area contributed by atoms with Crippen molar-refractivity contribution in [3.63, 3.8) is 0 Å². The number of benzene rings is 2. The lowest BCUT2D eigenvalue weighted by Gasteiger charge is -2.09. The van der Waals surface area contributed by atoms with Crippen molar-refractivity contribution in [1.82, 2.24) is 0 Å². The fraction of sp³-hybridized carbons (Fsp3) is 0.364. The summed E-state index contributed by atoms with van der Waals surface area (Å²) < 4.78 is 26.6. The van der Waals surface area contributed by atoms with Crippen LogP contribution < -0.4 is 18.9 Å². The van der Waals surface area contributed by atoms with Gasteiger partial charge in [-0.3, -0.25) is 9.59 Å². The Hall–Kier alpha value is -3.22. The number of hydrogen-bond acceptors (Lipinski definition) is 7. The van der Waals surface area contributed by atoms with Crippen molar-refractivity contribution in [3.8, 4) is 23.0 Å². The lowest BCUT2D eigenvalue weighted by atomic mass is 10.0. The van der Waals surface area contributed by atoms with Crippen molar-refractivity contribution in [3.05, 3.63) is 47.5 Å². The van der Waals surface area contributed by atoms with E-state index in [-0.39, 0.29) is 31.1 Å². The highest BCUT2D eigenvalue weighted by Crippen LogP contribution is 2.57. The van der Waals surface area contributed by atoms with Crippen LogP contribution in [-0.4, -0.2) is 39.4 Å². The molecule has 1 aliphatic heterocycles. The number of ether oxygens (including phenoxy) is 5. The second-order valence-electron chi connectivity index (χ2n) is 6.87. The van der Waals surface area contributed by atoms with Crippen LogP contribution in [0.4, 0.5) is 0 Å². The van der Waals surface area contributed by atoms with E-state index in [0.29, 0.717) is 28.6 Å². The molecule has 3 atom stereocenters. The van der Waals surface area contributed by atoms with Crippen molar-refractivity contribution in [2.45, 2.75) is 12.8 Å². The lowest BCUT2D eigenvalue weighted by molar-refractivity contribution is -0.145. The van der Waals surface area contributed by atoms with Crippen molar-refractivity contribution in [2.75, 3.05) is 27.6 Å². The van der Waals surface area contributed by atoms with Gasteiger partial charge >= 0.3 is 5.97 Å². The van der Waals surface area contributed by atoms with Crippen LogP contribution in [0.15, 0.2) is 36.4 Å². The number of Topliss-reactive ketones (excluding diaryl/α,β-unsaturated/α-hetero) is 1. The molecule has 0 bridgehead atoms. The highest BCUT2D eigenvalue weighted by Gasteiger charge is 2.60. The number of esters is 1. The first-order chi connectivity index (χ1) is 14.1. The van der Waals surface area contributed by atoms with E-state index in [9.17, 15) is 9.59 Å². The number of carbonyl (C=O) groups excluding carboxylic acids is 2. The molecule has 1 aliphatic carbocycles. The van der Waals surface area contributed by atoms with E-state index in [0.717, 1.165) is 5.56 Å². The zero-order chi connectivity index (χ0) is 20.5. The first-order valence-corrected chi connectivity index (χ1v) is 9.41. The van der Waals surface area contributed by atoms with Gasteiger partial charge < -0.3 is 23.7 Å². The summed E-state index contributed by atoms with van der Waals surface area (Å²) in [5.41, 5.74) is 1.26. The first kappa shape index (κ1) is 19.1. The fourth-order valence-corrected chi connectivity index (χ4v) is 3.89. The molecule has 0 spiro atoms. The van der Waals surface area contributed by atoms with E-state index in [2.05, 4.69) is 0 Å². The van der Waals surface area contributed by atoms with Gasteiger partial charge in [-0.25, -0.2) is 0 Å². The minimum absolute atomic E-state index is 0.162. The van der Waals surface area contributed by atoms with Gasteiger partial charge in [0.1, 0.15) is 11.5 Å². The molecule has 4 rings (SSSR count). The quantitative estimate of drug-likeness (QED) is 0.523. The Morgan fingerprint density at radius 3 is 2.52 bits per heavy atom. The number of methoxy groups -OCH3 is 2. The fourth-order valence-electron chi connectivity index (χ4n) is 3.89. The van der Waals surface area contributed by atoms with E-state index in [1.807, 2.05) is 12.1 Å². The Morgan fingerprint density at radius 1 is 1.00 bits per heavy atom. The number of ketones is 1. The van der Waals surface area contributed by atoms with Crippen molar-refractivity contribution in [2.24, 2.45) is 11.8 Å². The average Bonchev–Trinajstić information content (AvgIpc) is 3.32. The van der Waals surface area contributed by atoms with Gasteiger partial charge in [0, 0.05) is 17.9 Å². The summed E-state index contributed by atoms with van der Waals surface area (Å²) in [5, 5.41) is 0. The van der Waals surface area contributed by atoms with E-state index >= 15 is 0 Å². The standard InChI is InChI=1S/C22H22O7/c1-4-27-22(24)20-18(12-5-8-15-17(9-12)29-11-28-15)19(20)21(23)14-7-6-13(25-2)10-16(14)26-3/h5-10,18-20H,4,11H2,1-3H3. The molecule has 2 aromatic rings. The van der Waals surface area contributed by atoms with E-state index in [1.54, 1.807) is 38.3 Å². The molecule has 2 aromatic carbocycles. The Bertz CT molecular complexity index is 952. The Kier molecular flexibility index (Phi) is 5.05. The monoisotopic (exact) mass is 398 g/mol. The molecule has 0 radical (unpaired) electrons. The molecule has 29 heavy (non-hydrogen) atoms. The van der Waals surface area contributed by atoms with Crippen molar-refractivity contribution >= 4 is 11.8 Å². The molecule has 2 aliphatic rings. The van der Waals surface area contributed by atoms with Crippen LogP contribution in [0.3, 0.4) is 0 Å². The van der Waals surface area contributed by atoms with E-state index < -0.39 is 11.8 Å². The summed E-state index contributed by atoms with van der Waals surface area (Å²) in [7, 11) is 3.04. The van der Waals surface area contributed by atoms with Crippen LogP contribution in [0.1, 0.15) is 28.8 Å². The first-order valence-electron chi connectivity index (χ1n) is 9.41. The maximum absolute atomic E-state index is 13.3. The number of hydrogen-bond donors (Lipinski definition) is 0. The minimum Gasteiger partial charge on any atom is -0.497 e. The third-order valence-corrected chi connectivity index (χ3v) is 5.34. The minimum atomic E-state index is -0.547. The summed E-state index contributed by atoms with van der Waals surface area (Å²) in [6, 6.07) is 10.5. The van der Waals surface area contributed by atoms with E-state index in [4.69, 9.17) is 23.7 Å². The van der Waals surface area contributed by atoms with Gasteiger partial charge in [0.05, 0.1) is 32.3 Å². The molecule has 7 nitrogen and oxygen atoms in total. The van der Waals surface area contributed by atoms with Crippen LogP contribution in [0, 0.1) is 11.8 Å². The van der Waals surface area contributed by atoms with Crippen molar-refractivity contribution < 1.29 is 33.3 Å². The topological polar surface area (TPSA) is 80.3 Å². The Balaban J connectivity index is 1.67. The largest absolute Gasteiger partial charge is 0.497 e. The molecule has 152 valence electrons. The lowest BCUT2D eigenvalue weighted by Crippen LogP contribution is -2.12. The van der Waals surface area contributed by atoms with E-state index in [1.165, 1.54) is 7.11 Å². The second-order valence-corrected chi connectivity index (χ2v) is 6.87. The van der Waals surface area contributed by atoms with Gasteiger partial charge in [-0.2, -0.15) is 0 Å². The molecular formula is C22H22O7. The maximum atomic E-state index is 13.3. The summed E-state index contributed by atoms with van der Waals surface area (Å²) in [4.78, 5) is 25.9. The van der Waals surface area contributed by atoms with Crippen LogP contribution in [0.25, 0.3) is 0 Å². The third-order valence-electron chi connectivity index (χ3n) is 5.34. The summed E-state index contributed by atoms with van der Waals surface area (Å²) in [6.45, 7) is 2.17. The highest BCUT2D eigenvalue weighted by molar-refractivity contribution is 6.06. The van der Waals surface area contributed by atoms with Gasteiger partial charge in [-0.05, 0) is 36.8 Å². The SMILES string of the molecule is CCOC(=O)C1C(C(=O)c2ccc(OC)cc2OC)C1c1ccc2c(c1)OCO2. The zero-order valence-electron chi connectivity index (χ0n) is 16.5. The van der Waals surface area contributed by atoms with Crippen LogP contribution in [-0.2, 0) is 9.53 Å². The zero-order valence-corrected chi connectivity index (χ0v) is 16.5. The Morgan fingerprint density at radius 2 is 1.79 bits per heavy atom. The van der Waals surface area contributed by atoms with Crippen molar-refractivity contribution in [1.29, 1.82) is 0 Å². The van der Waals surface area contributed by atoms with Gasteiger partial charge in [0.15, 0.2) is 17.3 Å². The Labute approximate surface area is 168 Å². The van der Waals surface area contributed by atoms with Gasteiger partial charge in [-0.1, -0.05) is 6.07 Å². The smallest absolute Gasteiger partial charge is 0.310 e. The summed E-state index contributed by atoms with van der Waals surface area (Å²) >= 11 is 0. The normalized spacial score (nSPS) is 21.4. The summed E-state index contributed by atoms with van der Waals surface area (Å²) in [5.74, 6) is 0.365. The number of fused-ring (bicyclic) bond motifs is 1. The number of carbonyl (C=O) groups is 2. The molecule has 0 N–H and O–H groups in total. The van der Waals surface area contributed by atoms with Gasteiger partial charge in [0.2, 0.25) is 6.79 Å². The molecule has 3 unspecified atom stereocenters. The summed E-state index contributed by atoms with van der Waals surface area (Å²) in [6.07, 6.45) is 0. The maximum Gasteiger partial charge on any atom is 0.310 e. The van der Waals surface area contributed by atoms with Gasteiger partial charge in [-0.15, -0.1) is 0 Å². The highest BCUT2D eigenvalue weighted by atomic mass is 16.7. The molecule has 0 saturated heterocycles. The van der Waals surface area contributed by atoms with Gasteiger partial charge in [0.25, 0.3) is 0 Å². The van der Waals surface area contributed by atoms with Crippen LogP contribution in [0.5, 0.6) is 23.0 Å².